The van der Waals surface area contributed by atoms with Gasteiger partial charge in [-0.2, -0.15) is 0 Å². The molecule has 4 heteroatoms. The second kappa shape index (κ2) is 5.67. The summed E-state index contributed by atoms with van der Waals surface area (Å²) >= 11 is 0. The number of carbonyl (C=O) groups excluding carboxylic acids is 2. The fraction of sp³-hybridized carbons (Fsp3) is 0.429. The molecule has 0 saturated carbocycles. The first kappa shape index (κ1) is 12.6. The Kier molecular flexibility index (Phi) is 3.97. The van der Waals surface area contributed by atoms with Gasteiger partial charge in [0.25, 0.3) is 5.91 Å². The fourth-order valence-corrected chi connectivity index (χ4v) is 2.23. The molecule has 18 heavy (non-hydrogen) atoms. The predicted octanol–water partition coefficient (Wildman–Crippen LogP) is 1.75. The van der Waals surface area contributed by atoms with Crippen LogP contribution in [-0.2, 0) is 4.79 Å². The average molecular weight is 247 g/mol. The monoisotopic (exact) mass is 247 g/mol. The van der Waals surface area contributed by atoms with Crippen molar-refractivity contribution in [3.63, 3.8) is 0 Å². The highest BCUT2D eigenvalue weighted by molar-refractivity contribution is 5.97. The van der Waals surface area contributed by atoms with Crippen LogP contribution in [0.2, 0.25) is 0 Å². The molecule has 96 valence electrons. The van der Waals surface area contributed by atoms with Crippen molar-refractivity contribution in [2.45, 2.75) is 12.8 Å². The Morgan fingerprint density at radius 1 is 1.33 bits per heavy atom. The van der Waals surface area contributed by atoms with Crippen LogP contribution in [0.25, 0.3) is 0 Å². The van der Waals surface area contributed by atoms with Gasteiger partial charge in [-0.1, -0.05) is 12.1 Å². The van der Waals surface area contributed by atoms with E-state index < -0.39 is 0 Å². The first-order chi connectivity index (χ1) is 8.76. The van der Waals surface area contributed by atoms with Gasteiger partial charge in [0.2, 0.25) is 0 Å². The SMILES string of the molecule is COc1ccccc1C(=O)N1CCC(C=O)CC1. The Morgan fingerprint density at radius 3 is 2.61 bits per heavy atom. The van der Waals surface area contributed by atoms with Crippen molar-refractivity contribution in [1.29, 1.82) is 0 Å². The molecule has 4 nitrogen and oxygen atoms in total. The van der Waals surface area contributed by atoms with E-state index in [1.807, 2.05) is 12.1 Å². The third kappa shape index (κ3) is 2.53. The minimum atomic E-state index is -0.0169. The molecule has 0 bridgehead atoms. The van der Waals surface area contributed by atoms with E-state index in [-0.39, 0.29) is 11.8 Å². The summed E-state index contributed by atoms with van der Waals surface area (Å²) in [5.74, 6) is 0.684. The molecule has 1 heterocycles. The highest BCUT2D eigenvalue weighted by Crippen LogP contribution is 2.22. The van der Waals surface area contributed by atoms with Gasteiger partial charge in [0.1, 0.15) is 12.0 Å². The lowest BCUT2D eigenvalue weighted by Gasteiger charge is -2.30. The second-order valence-electron chi connectivity index (χ2n) is 4.47. The third-order valence-corrected chi connectivity index (χ3v) is 3.36. The minimum absolute atomic E-state index is 0.0169. The maximum absolute atomic E-state index is 12.3. The highest BCUT2D eigenvalue weighted by atomic mass is 16.5. The number of carbonyl (C=O) groups is 2. The van der Waals surface area contributed by atoms with E-state index >= 15 is 0 Å². The maximum Gasteiger partial charge on any atom is 0.257 e. The molecule has 1 aromatic carbocycles. The summed E-state index contributed by atoms with van der Waals surface area (Å²) in [6.07, 6.45) is 2.50. The second-order valence-corrected chi connectivity index (χ2v) is 4.47. The Morgan fingerprint density at radius 2 is 2.00 bits per heavy atom. The number of amides is 1. The van der Waals surface area contributed by atoms with E-state index in [2.05, 4.69) is 0 Å². The van der Waals surface area contributed by atoms with E-state index in [1.54, 1.807) is 24.1 Å². The van der Waals surface area contributed by atoms with E-state index in [0.717, 1.165) is 19.1 Å². The van der Waals surface area contributed by atoms with E-state index in [1.165, 1.54) is 0 Å². The summed E-state index contributed by atoms with van der Waals surface area (Å²) in [7, 11) is 1.56. The van der Waals surface area contributed by atoms with Crippen molar-refractivity contribution >= 4 is 12.2 Å². The Balaban J connectivity index is 2.10. The summed E-state index contributed by atoms with van der Waals surface area (Å²) < 4.78 is 5.20. The number of hydrogen-bond acceptors (Lipinski definition) is 3. The molecule has 0 unspecified atom stereocenters. The molecule has 1 saturated heterocycles. The molecule has 0 atom stereocenters. The molecule has 1 aliphatic heterocycles. The highest BCUT2D eigenvalue weighted by Gasteiger charge is 2.24. The average Bonchev–Trinajstić information content (AvgIpc) is 2.46. The van der Waals surface area contributed by atoms with Crippen LogP contribution in [0.1, 0.15) is 23.2 Å². The van der Waals surface area contributed by atoms with E-state index in [9.17, 15) is 9.59 Å². The molecule has 0 aromatic heterocycles. The number of methoxy groups -OCH3 is 1. The van der Waals surface area contributed by atoms with Gasteiger partial charge in [-0.25, -0.2) is 0 Å². The van der Waals surface area contributed by atoms with Crippen LogP contribution < -0.4 is 4.74 Å². The van der Waals surface area contributed by atoms with Crippen molar-refractivity contribution in [1.82, 2.24) is 4.90 Å². The van der Waals surface area contributed by atoms with E-state index in [4.69, 9.17) is 4.74 Å². The van der Waals surface area contributed by atoms with Crippen molar-refractivity contribution in [2.24, 2.45) is 5.92 Å². The number of para-hydroxylation sites is 1. The maximum atomic E-state index is 12.3. The summed E-state index contributed by atoms with van der Waals surface area (Å²) in [5, 5.41) is 0. The summed E-state index contributed by atoms with van der Waals surface area (Å²) in [4.78, 5) is 24.8. The smallest absolute Gasteiger partial charge is 0.257 e. The molecule has 1 amide bonds. The fourth-order valence-electron chi connectivity index (χ4n) is 2.23. The van der Waals surface area contributed by atoms with Crippen LogP contribution in [0.4, 0.5) is 0 Å². The zero-order valence-corrected chi connectivity index (χ0v) is 10.5. The lowest BCUT2D eigenvalue weighted by atomic mass is 9.98. The zero-order chi connectivity index (χ0) is 13.0. The van der Waals surface area contributed by atoms with Gasteiger partial charge in [-0.3, -0.25) is 4.79 Å². The van der Waals surface area contributed by atoms with Gasteiger partial charge in [-0.15, -0.1) is 0 Å². The largest absolute Gasteiger partial charge is 0.496 e. The molecule has 0 aliphatic carbocycles. The van der Waals surface area contributed by atoms with Crippen molar-refractivity contribution < 1.29 is 14.3 Å². The molecule has 2 rings (SSSR count). The number of ether oxygens (including phenoxy) is 1. The lowest BCUT2D eigenvalue weighted by molar-refractivity contribution is -0.112. The zero-order valence-electron chi connectivity index (χ0n) is 10.5. The minimum Gasteiger partial charge on any atom is -0.496 e. The molecule has 0 radical (unpaired) electrons. The molecule has 1 fully saturated rings. The summed E-state index contributed by atoms with van der Waals surface area (Å²) in [5.41, 5.74) is 0.588. The van der Waals surface area contributed by atoms with Gasteiger partial charge in [0, 0.05) is 19.0 Å². The van der Waals surface area contributed by atoms with Crippen LogP contribution in [0.15, 0.2) is 24.3 Å². The molecule has 1 aliphatic rings. The summed E-state index contributed by atoms with van der Waals surface area (Å²) in [6.45, 7) is 1.28. The number of likely N-dealkylation sites (tertiary alicyclic amines) is 1. The topological polar surface area (TPSA) is 46.6 Å². The summed E-state index contributed by atoms with van der Waals surface area (Å²) in [6, 6.07) is 7.22. The lowest BCUT2D eigenvalue weighted by Crippen LogP contribution is -2.38. The van der Waals surface area contributed by atoms with Gasteiger partial charge in [-0.05, 0) is 25.0 Å². The first-order valence-corrected chi connectivity index (χ1v) is 6.14. The molecular formula is C14H17NO3. The van der Waals surface area contributed by atoms with Crippen molar-refractivity contribution in [3.05, 3.63) is 29.8 Å². The van der Waals surface area contributed by atoms with Crippen LogP contribution in [0.5, 0.6) is 5.75 Å². The number of piperidine rings is 1. The quantitative estimate of drug-likeness (QED) is 0.764. The number of rotatable bonds is 3. The number of nitrogens with zero attached hydrogens (tertiary/aromatic N) is 1. The van der Waals surface area contributed by atoms with Gasteiger partial charge >= 0.3 is 0 Å². The first-order valence-electron chi connectivity index (χ1n) is 6.14. The molecule has 1 aromatic rings. The number of benzene rings is 1. The van der Waals surface area contributed by atoms with Crippen molar-refractivity contribution in [3.8, 4) is 5.75 Å². The Labute approximate surface area is 107 Å². The molecule has 0 spiro atoms. The van der Waals surface area contributed by atoms with Crippen LogP contribution in [0.3, 0.4) is 0 Å². The van der Waals surface area contributed by atoms with Crippen LogP contribution in [-0.4, -0.2) is 37.3 Å². The Hall–Kier alpha value is -1.84. The van der Waals surface area contributed by atoms with Gasteiger partial charge in [0.15, 0.2) is 0 Å². The molecule has 0 N–H and O–H groups in total. The van der Waals surface area contributed by atoms with Gasteiger partial charge in [0.05, 0.1) is 12.7 Å². The third-order valence-electron chi connectivity index (χ3n) is 3.36. The van der Waals surface area contributed by atoms with Gasteiger partial charge < -0.3 is 14.4 Å². The number of hydrogen-bond donors (Lipinski definition) is 0. The Bertz CT molecular complexity index is 436. The van der Waals surface area contributed by atoms with Crippen LogP contribution in [0, 0.1) is 5.92 Å². The number of aldehydes is 1. The van der Waals surface area contributed by atoms with E-state index in [0.29, 0.717) is 24.4 Å². The van der Waals surface area contributed by atoms with Crippen molar-refractivity contribution in [2.75, 3.05) is 20.2 Å². The predicted molar refractivity (Wildman–Crippen MR) is 67.7 cm³/mol. The van der Waals surface area contributed by atoms with Crippen LogP contribution >= 0.6 is 0 Å². The normalized spacial score (nSPS) is 16.4. The standard InChI is InChI=1S/C14H17NO3/c1-18-13-5-3-2-4-12(13)14(17)15-8-6-11(10-16)7-9-15/h2-5,10-11H,6-9H2,1H3. The molecular weight excluding hydrogens is 230 g/mol.